The molecule has 1 heterocycles. The van der Waals surface area contributed by atoms with Crippen LogP contribution in [0.25, 0.3) is 0 Å². The average molecular weight is 311 g/mol. The molecule has 1 unspecified atom stereocenters. The number of nitrogens with one attached hydrogen (secondary N) is 1. The second kappa shape index (κ2) is 6.10. The van der Waals surface area contributed by atoms with E-state index in [0.29, 0.717) is 18.4 Å². The molecule has 0 aromatic carbocycles. The van der Waals surface area contributed by atoms with Crippen molar-refractivity contribution in [1.29, 1.82) is 0 Å². The van der Waals surface area contributed by atoms with Crippen LogP contribution in [0.15, 0.2) is 0 Å². The van der Waals surface area contributed by atoms with Crippen LogP contribution in [0.5, 0.6) is 0 Å². The van der Waals surface area contributed by atoms with Crippen molar-refractivity contribution in [3.05, 3.63) is 0 Å². The van der Waals surface area contributed by atoms with Crippen molar-refractivity contribution in [2.75, 3.05) is 18.1 Å². The molecule has 5 nitrogen and oxygen atoms in total. The maximum Gasteiger partial charge on any atom is 0.215 e. The van der Waals surface area contributed by atoms with Gasteiger partial charge in [-0.1, -0.05) is 27.7 Å². The molecule has 114 valence electrons. The van der Waals surface area contributed by atoms with Crippen LogP contribution in [-0.2, 0) is 19.9 Å². The molecule has 1 aliphatic rings. The first kappa shape index (κ1) is 16.9. The van der Waals surface area contributed by atoms with Crippen molar-refractivity contribution in [1.82, 2.24) is 4.72 Å². The zero-order valence-electron chi connectivity index (χ0n) is 12.1. The molecular formula is C12H25NO4S2. The third-order valence-corrected chi connectivity index (χ3v) is 7.69. The fourth-order valence-electron chi connectivity index (χ4n) is 2.58. The molecule has 19 heavy (non-hydrogen) atoms. The van der Waals surface area contributed by atoms with Crippen molar-refractivity contribution in [3.8, 4) is 0 Å². The molecule has 1 atom stereocenters. The largest absolute Gasteiger partial charge is 0.229 e. The van der Waals surface area contributed by atoms with E-state index >= 15 is 0 Å². The molecule has 1 saturated heterocycles. The van der Waals surface area contributed by atoms with Crippen LogP contribution in [0.3, 0.4) is 0 Å². The highest BCUT2D eigenvalue weighted by atomic mass is 32.2. The average Bonchev–Trinajstić information content (AvgIpc) is 2.58. The van der Waals surface area contributed by atoms with Gasteiger partial charge in [-0.3, -0.25) is 0 Å². The van der Waals surface area contributed by atoms with Crippen LogP contribution in [0, 0.1) is 17.8 Å². The van der Waals surface area contributed by atoms with Crippen molar-refractivity contribution in [2.45, 2.75) is 39.4 Å². The van der Waals surface area contributed by atoms with Gasteiger partial charge in [0.15, 0.2) is 9.84 Å². The van der Waals surface area contributed by atoms with Crippen molar-refractivity contribution >= 4 is 19.9 Å². The molecule has 0 amide bonds. The maximum absolute atomic E-state index is 12.1. The second-order valence-corrected chi connectivity index (χ2v) is 10.3. The van der Waals surface area contributed by atoms with E-state index < -0.39 is 25.1 Å². The van der Waals surface area contributed by atoms with E-state index in [-0.39, 0.29) is 23.8 Å². The number of sulfone groups is 1. The van der Waals surface area contributed by atoms with Crippen LogP contribution in [-0.4, -0.2) is 40.1 Å². The quantitative estimate of drug-likeness (QED) is 0.794. The summed E-state index contributed by atoms with van der Waals surface area (Å²) in [4.78, 5) is 0. The summed E-state index contributed by atoms with van der Waals surface area (Å²) in [5, 5.41) is -0.780. The summed E-state index contributed by atoms with van der Waals surface area (Å²) in [5.74, 6) is 0.769. The zero-order valence-corrected chi connectivity index (χ0v) is 13.7. The lowest BCUT2D eigenvalue weighted by Crippen LogP contribution is -2.40. The fraction of sp³-hybridized carbons (Fsp3) is 1.00. The van der Waals surface area contributed by atoms with E-state index in [1.807, 2.05) is 0 Å². The Hall–Kier alpha value is -0.140. The minimum atomic E-state index is -3.52. The van der Waals surface area contributed by atoms with Gasteiger partial charge in [0, 0.05) is 6.54 Å². The Labute approximate surface area is 117 Å². The molecule has 1 N–H and O–H groups in total. The van der Waals surface area contributed by atoms with Crippen LogP contribution in [0.4, 0.5) is 0 Å². The first-order chi connectivity index (χ1) is 8.55. The summed E-state index contributed by atoms with van der Waals surface area (Å²) in [6, 6.07) is 0. The molecule has 1 fully saturated rings. The highest BCUT2D eigenvalue weighted by Crippen LogP contribution is 2.22. The van der Waals surface area contributed by atoms with E-state index in [9.17, 15) is 16.8 Å². The van der Waals surface area contributed by atoms with E-state index in [2.05, 4.69) is 32.4 Å². The molecule has 0 spiro atoms. The Kier molecular flexibility index (Phi) is 5.43. The Bertz CT molecular complexity index is 486. The minimum absolute atomic E-state index is 0.0175. The van der Waals surface area contributed by atoms with Gasteiger partial charge in [-0.15, -0.1) is 0 Å². The lowest BCUT2D eigenvalue weighted by molar-refractivity contribution is 0.289. The lowest BCUT2D eigenvalue weighted by atomic mass is 9.86. The van der Waals surface area contributed by atoms with E-state index in [0.717, 1.165) is 0 Å². The van der Waals surface area contributed by atoms with Gasteiger partial charge in [0.25, 0.3) is 0 Å². The molecular weight excluding hydrogens is 286 g/mol. The number of hydrogen-bond donors (Lipinski definition) is 1. The summed E-state index contributed by atoms with van der Waals surface area (Å²) in [6.07, 6.45) is 0.214. The Morgan fingerprint density at radius 3 is 2.05 bits per heavy atom. The SMILES string of the molecule is CC(C)C(CNS(=O)(=O)C1CCS(=O)(=O)C1)C(C)C. The van der Waals surface area contributed by atoms with E-state index in [1.54, 1.807) is 0 Å². The first-order valence-corrected chi connectivity index (χ1v) is 10.1. The Morgan fingerprint density at radius 2 is 1.68 bits per heavy atom. The lowest BCUT2D eigenvalue weighted by Gasteiger charge is -2.25. The molecule has 0 aliphatic carbocycles. The molecule has 0 radical (unpaired) electrons. The predicted molar refractivity (Wildman–Crippen MR) is 77.1 cm³/mol. The van der Waals surface area contributed by atoms with Crippen LogP contribution >= 0.6 is 0 Å². The van der Waals surface area contributed by atoms with E-state index in [4.69, 9.17) is 0 Å². The zero-order chi connectivity index (χ0) is 14.8. The number of hydrogen-bond acceptors (Lipinski definition) is 4. The van der Waals surface area contributed by atoms with Gasteiger partial charge in [0.2, 0.25) is 10.0 Å². The first-order valence-electron chi connectivity index (χ1n) is 6.74. The molecule has 0 aromatic rings. The van der Waals surface area contributed by atoms with Crippen LogP contribution in [0.2, 0.25) is 0 Å². The van der Waals surface area contributed by atoms with Gasteiger partial charge < -0.3 is 0 Å². The summed E-state index contributed by atoms with van der Waals surface area (Å²) >= 11 is 0. The third kappa shape index (κ3) is 4.72. The predicted octanol–water partition coefficient (Wildman–Crippen LogP) is 1.02. The molecule has 0 aromatic heterocycles. The van der Waals surface area contributed by atoms with Crippen molar-refractivity contribution in [2.24, 2.45) is 17.8 Å². The second-order valence-electron chi connectivity index (χ2n) is 6.07. The van der Waals surface area contributed by atoms with Gasteiger partial charge in [0.05, 0.1) is 16.8 Å². The van der Waals surface area contributed by atoms with Gasteiger partial charge in [-0.25, -0.2) is 21.6 Å². The van der Waals surface area contributed by atoms with E-state index in [1.165, 1.54) is 0 Å². The minimum Gasteiger partial charge on any atom is -0.229 e. The van der Waals surface area contributed by atoms with Gasteiger partial charge in [-0.05, 0) is 24.2 Å². The molecule has 1 aliphatic heterocycles. The maximum atomic E-state index is 12.1. The highest BCUT2D eigenvalue weighted by molar-refractivity contribution is 7.95. The third-order valence-electron chi connectivity index (χ3n) is 3.86. The summed E-state index contributed by atoms with van der Waals surface area (Å²) in [5.41, 5.74) is 0. The standard InChI is InChI=1S/C12H25NO4S2/c1-9(2)12(10(3)4)7-13-19(16,17)11-5-6-18(14,15)8-11/h9-13H,5-8H2,1-4H3. The van der Waals surface area contributed by atoms with Crippen molar-refractivity contribution in [3.63, 3.8) is 0 Å². The van der Waals surface area contributed by atoms with Gasteiger partial charge >= 0.3 is 0 Å². The highest BCUT2D eigenvalue weighted by Gasteiger charge is 2.37. The number of rotatable bonds is 6. The molecule has 0 saturated carbocycles. The van der Waals surface area contributed by atoms with Gasteiger partial charge in [0.1, 0.15) is 0 Å². The number of sulfonamides is 1. The summed E-state index contributed by atoms with van der Waals surface area (Å²) < 4.78 is 49.5. The topological polar surface area (TPSA) is 80.3 Å². The van der Waals surface area contributed by atoms with Crippen LogP contribution in [0.1, 0.15) is 34.1 Å². The Balaban J connectivity index is 2.66. The molecule has 1 rings (SSSR count). The summed E-state index contributed by atoms with van der Waals surface area (Å²) in [7, 11) is -6.69. The smallest absolute Gasteiger partial charge is 0.215 e. The summed E-state index contributed by atoms with van der Waals surface area (Å²) in [6.45, 7) is 8.66. The van der Waals surface area contributed by atoms with Gasteiger partial charge in [-0.2, -0.15) is 0 Å². The fourth-order valence-corrected chi connectivity index (χ4v) is 6.70. The normalized spacial score (nSPS) is 23.6. The molecule has 7 heteroatoms. The Morgan fingerprint density at radius 1 is 1.16 bits per heavy atom. The monoisotopic (exact) mass is 311 g/mol. The molecule has 0 bridgehead atoms. The van der Waals surface area contributed by atoms with Crippen molar-refractivity contribution < 1.29 is 16.8 Å². The van der Waals surface area contributed by atoms with Crippen LogP contribution < -0.4 is 4.72 Å².